The third kappa shape index (κ3) is 2.60. The van der Waals surface area contributed by atoms with Gasteiger partial charge in [-0.2, -0.15) is 0 Å². The molecule has 0 atom stereocenters. The van der Waals surface area contributed by atoms with Crippen molar-refractivity contribution in [2.45, 2.75) is 6.36 Å². The molecule has 0 amide bonds. The molecule has 0 aliphatic carbocycles. The zero-order valence-corrected chi connectivity index (χ0v) is 10.2. The van der Waals surface area contributed by atoms with Gasteiger partial charge in [0.25, 0.3) is 0 Å². The second-order valence-electron chi connectivity index (χ2n) is 3.78. The Morgan fingerprint density at radius 2 is 2.00 bits per heavy atom. The molecule has 1 heterocycles. The van der Waals surface area contributed by atoms with Gasteiger partial charge >= 0.3 is 12.3 Å². The van der Waals surface area contributed by atoms with E-state index in [2.05, 4.69) is 4.74 Å². The third-order valence-corrected chi connectivity index (χ3v) is 2.72. The number of aryl methyl sites for hydroxylation is 1. The first-order valence-corrected chi connectivity index (χ1v) is 5.35. The molecule has 19 heavy (non-hydrogen) atoms. The van der Waals surface area contributed by atoms with Crippen LogP contribution in [0.15, 0.2) is 18.2 Å². The summed E-state index contributed by atoms with van der Waals surface area (Å²) in [5, 5.41) is 9.22. The van der Waals surface area contributed by atoms with Gasteiger partial charge in [-0.15, -0.1) is 13.2 Å². The summed E-state index contributed by atoms with van der Waals surface area (Å²) in [7, 11) is 1.34. The number of nitrogens with zero attached hydrogens (tertiary/aromatic N) is 1. The van der Waals surface area contributed by atoms with Crippen LogP contribution in [0.5, 0.6) is 5.75 Å². The number of aromatic nitrogens is 1. The van der Waals surface area contributed by atoms with Gasteiger partial charge in [-0.3, -0.25) is 0 Å². The first kappa shape index (κ1) is 13.5. The highest BCUT2D eigenvalue weighted by molar-refractivity contribution is 6.31. The van der Waals surface area contributed by atoms with Crippen LogP contribution in [0, 0.1) is 0 Å². The predicted octanol–water partition coefficient (Wildman–Crippen LogP) is 3.43. The quantitative estimate of drug-likeness (QED) is 0.923. The van der Waals surface area contributed by atoms with E-state index in [4.69, 9.17) is 16.7 Å². The summed E-state index contributed by atoms with van der Waals surface area (Å²) in [4.78, 5) is 11.0. The zero-order chi connectivity index (χ0) is 14.4. The van der Waals surface area contributed by atoms with Crippen molar-refractivity contribution in [1.29, 1.82) is 0 Å². The van der Waals surface area contributed by atoms with Gasteiger partial charge in [-0.05, 0) is 12.1 Å². The molecule has 0 aliphatic rings. The Labute approximate surface area is 109 Å². The molecule has 0 fully saturated rings. The number of alkyl halides is 3. The van der Waals surface area contributed by atoms with E-state index in [9.17, 15) is 18.0 Å². The summed E-state index contributed by atoms with van der Waals surface area (Å²) < 4.78 is 41.9. The second kappa shape index (κ2) is 4.34. The number of carboxylic acid groups (broad SMARTS) is 1. The normalized spacial score (nSPS) is 11.8. The number of halogens is 4. The summed E-state index contributed by atoms with van der Waals surface area (Å²) >= 11 is 5.69. The molecule has 2 rings (SSSR count). The van der Waals surface area contributed by atoms with Crippen molar-refractivity contribution < 1.29 is 27.8 Å². The Morgan fingerprint density at radius 1 is 1.37 bits per heavy atom. The molecular weight excluding hydrogens is 287 g/mol. The van der Waals surface area contributed by atoms with Crippen molar-refractivity contribution in [3.05, 3.63) is 28.9 Å². The van der Waals surface area contributed by atoms with Crippen molar-refractivity contribution >= 4 is 28.5 Å². The van der Waals surface area contributed by atoms with Crippen LogP contribution in [-0.4, -0.2) is 22.0 Å². The van der Waals surface area contributed by atoms with Crippen molar-refractivity contribution in [2.24, 2.45) is 7.05 Å². The molecule has 0 unspecified atom stereocenters. The maximum atomic E-state index is 12.3. The second-order valence-corrected chi connectivity index (χ2v) is 4.22. The minimum atomic E-state index is -4.88. The van der Waals surface area contributed by atoms with E-state index in [1.165, 1.54) is 19.2 Å². The van der Waals surface area contributed by atoms with E-state index in [1.807, 2.05) is 0 Å². The summed E-state index contributed by atoms with van der Waals surface area (Å²) in [5.74, 6) is -1.79. The van der Waals surface area contributed by atoms with Crippen LogP contribution in [0.25, 0.3) is 10.9 Å². The maximum Gasteiger partial charge on any atom is 0.573 e. The minimum Gasteiger partial charge on any atom is -0.477 e. The number of hydrogen-bond donors (Lipinski definition) is 1. The van der Waals surface area contributed by atoms with Crippen molar-refractivity contribution in [3.63, 3.8) is 0 Å². The van der Waals surface area contributed by atoms with Crippen LogP contribution in [-0.2, 0) is 7.05 Å². The summed E-state index contributed by atoms with van der Waals surface area (Å²) in [6.07, 6.45) is -4.88. The number of rotatable bonds is 2. The highest BCUT2D eigenvalue weighted by atomic mass is 35.5. The minimum absolute atomic E-state index is 0.0131. The van der Waals surface area contributed by atoms with Crippen LogP contribution in [0.2, 0.25) is 5.02 Å². The van der Waals surface area contributed by atoms with E-state index in [0.29, 0.717) is 0 Å². The predicted molar refractivity (Wildman–Crippen MR) is 61.6 cm³/mol. The first-order chi connectivity index (χ1) is 8.69. The number of ether oxygens (including phenoxy) is 1. The largest absolute Gasteiger partial charge is 0.573 e. The van der Waals surface area contributed by atoms with E-state index in [0.717, 1.165) is 10.6 Å². The van der Waals surface area contributed by atoms with Gasteiger partial charge in [0.05, 0.1) is 5.52 Å². The molecule has 0 aliphatic heterocycles. The number of carboxylic acids is 1. The molecule has 0 spiro atoms. The van der Waals surface area contributed by atoms with Gasteiger partial charge in [0.1, 0.15) is 5.69 Å². The first-order valence-electron chi connectivity index (χ1n) is 4.97. The Bertz CT molecular complexity index is 663. The molecule has 1 aromatic carbocycles. The molecule has 0 saturated carbocycles. The SMILES string of the molecule is Cn1c(C(=O)O)cc2cc(Cl)cc(OC(F)(F)F)c21. The average molecular weight is 294 g/mol. The average Bonchev–Trinajstić information content (AvgIpc) is 2.53. The van der Waals surface area contributed by atoms with Gasteiger partial charge in [-0.25, -0.2) is 4.79 Å². The highest BCUT2D eigenvalue weighted by Crippen LogP contribution is 2.35. The van der Waals surface area contributed by atoms with E-state index in [1.54, 1.807) is 0 Å². The molecule has 0 saturated heterocycles. The molecular formula is C11H7ClF3NO3. The van der Waals surface area contributed by atoms with Crippen molar-refractivity contribution in [1.82, 2.24) is 4.57 Å². The van der Waals surface area contributed by atoms with Gasteiger partial charge in [0, 0.05) is 23.5 Å². The molecule has 2 aromatic rings. The fraction of sp³-hybridized carbons (Fsp3) is 0.182. The molecule has 0 bridgehead atoms. The molecule has 1 aromatic heterocycles. The van der Waals surface area contributed by atoms with E-state index < -0.39 is 18.1 Å². The molecule has 0 radical (unpaired) electrons. The van der Waals surface area contributed by atoms with Crippen LogP contribution in [0.1, 0.15) is 10.5 Å². The van der Waals surface area contributed by atoms with E-state index in [-0.39, 0.29) is 21.6 Å². The summed E-state index contributed by atoms with van der Waals surface area (Å²) in [5.41, 5.74) is -0.150. The molecule has 102 valence electrons. The Kier molecular flexibility index (Phi) is 3.09. The number of fused-ring (bicyclic) bond motifs is 1. The maximum absolute atomic E-state index is 12.3. The monoisotopic (exact) mass is 293 g/mol. The van der Waals surface area contributed by atoms with E-state index >= 15 is 0 Å². The fourth-order valence-electron chi connectivity index (χ4n) is 1.84. The van der Waals surface area contributed by atoms with Crippen molar-refractivity contribution in [2.75, 3.05) is 0 Å². The smallest absolute Gasteiger partial charge is 0.477 e. The Morgan fingerprint density at radius 3 is 2.53 bits per heavy atom. The lowest BCUT2D eigenvalue weighted by atomic mass is 10.2. The highest BCUT2D eigenvalue weighted by Gasteiger charge is 2.33. The van der Waals surface area contributed by atoms with Gasteiger partial charge in [0.2, 0.25) is 0 Å². The number of aromatic carboxylic acids is 1. The van der Waals surface area contributed by atoms with Crippen LogP contribution in [0.4, 0.5) is 13.2 Å². The molecule has 4 nitrogen and oxygen atoms in total. The Balaban J connectivity index is 2.72. The fourth-order valence-corrected chi connectivity index (χ4v) is 2.05. The molecule has 8 heteroatoms. The lowest BCUT2D eigenvalue weighted by Gasteiger charge is -2.11. The Hall–Kier alpha value is -1.89. The third-order valence-electron chi connectivity index (χ3n) is 2.50. The van der Waals surface area contributed by atoms with Crippen LogP contribution in [0.3, 0.4) is 0 Å². The standard InChI is InChI=1S/C11H7ClF3NO3/c1-16-7(10(17)18)3-5-2-6(12)4-8(9(5)16)19-11(13,14)15/h2-4H,1H3,(H,17,18). The summed E-state index contributed by atoms with van der Waals surface area (Å²) in [6, 6.07) is 3.59. The van der Waals surface area contributed by atoms with Gasteiger partial charge < -0.3 is 14.4 Å². The van der Waals surface area contributed by atoms with Gasteiger partial charge in [-0.1, -0.05) is 11.6 Å². The van der Waals surface area contributed by atoms with Crippen LogP contribution >= 0.6 is 11.6 Å². The topological polar surface area (TPSA) is 51.5 Å². The van der Waals surface area contributed by atoms with Crippen LogP contribution < -0.4 is 4.74 Å². The lowest BCUT2D eigenvalue weighted by molar-refractivity contribution is -0.274. The number of benzene rings is 1. The summed E-state index contributed by atoms with van der Waals surface area (Å²) in [6.45, 7) is 0. The number of hydrogen-bond acceptors (Lipinski definition) is 2. The van der Waals surface area contributed by atoms with Gasteiger partial charge in [0.15, 0.2) is 5.75 Å². The number of carbonyl (C=O) groups is 1. The van der Waals surface area contributed by atoms with Crippen molar-refractivity contribution in [3.8, 4) is 5.75 Å². The molecule has 1 N–H and O–H groups in total. The lowest BCUT2D eigenvalue weighted by Crippen LogP contribution is -2.17. The zero-order valence-electron chi connectivity index (χ0n) is 9.45.